The van der Waals surface area contributed by atoms with E-state index in [1.807, 2.05) is 6.92 Å². The lowest BCUT2D eigenvalue weighted by Crippen LogP contribution is -2.08. The maximum atomic E-state index is 13.6. The third-order valence-corrected chi connectivity index (χ3v) is 2.24. The van der Waals surface area contributed by atoms with E-state index in [0.717, 1.165) is 19.3 Å². The number of rotatable bonds is 6. The molecular formula is C12H16FN3. The molecule has 86 valence electrons. The second kappa shape index (κ2) is 6.78. The van der Waals surface area contributed by atoms with Crippen molar-refractivity contribution >= 4 is 5.82 Å². The first kappa shape index (κ1) is 12.4. The Morgan fingerprint density at radius 3 is 2.94 bits per heavy atom. The number of aryl methyl sites for hydroxylation is 1. The van der Waals surface area contributed by atoms with Gasteiger partial charge in [0, 0.05) is 13.0 Å². The first-order valence-electron chi connectivity index (χ1n) is 5.46. The van der Waals surface area contributed by atoms with Crippen LogP contribution in [0.4, 0.5) is 10.2 Å². The number of nitrogens with one attached hydrogen (secondary N) is 1. The molecule has 1 rings (SSSR count). The molecule has 0 spiro atoms. The van der Waals surface area contributed by atoms with Crippen molar-refractivity contribution in [2.45, 2.75) is 32.6 Å². The van der Waals surface area contributed by atoms with Crippen molar-refractivity contribution < 1.29 is 4.39 Å². The molecule has 0 atom stereocenters. The molecule has 0 saturated carbocycles. The van der Waals surface area contributed by atoms with Crippen molar-refractivity contribution in [1.82, 2.24) is 9.97 Å². The van der Waals surface area contributed by atoms with Crippen LogP contribution in [0.5, 0.6) is 0 Å². The van der Waals surface area contributed by atoms with E-state index in [-0.39, 0.29) is 11.6 Å². The Morgan fingerprint density at radius 2 is 2.25 bits per heavy atom. The minimum absolute atomic E-state index is 0.285. The van der Waals surface area contributed by atoms with Crippen LogP contribution in [0.3, 0.4) is 0 Å². The highest BCUT2D eigenvalue weighted by Crippen LogP contribution is 2.13. The minimum atomic E-state index is -0.345. The smallest absolute Gasteiger partial charge is 0.186 e. The lowest BCUT2D eigenvalue weighted by molar-refractivity contribution is 0.596. The number of hydrogen-bond donors (Lipinski definition) is 1. The second-order valence-corrected chi connectivity index (χ2v) is 3.42. The third-order valence-electron chi connectivity index (χ3n) is 2.24. The van der Waals surface area contributed by atoms with E-state index in [0.29, 0.717) is 18.7 Å². The minimum Gasteiger partial charge on any atom is -0.368 e. The van der Waals surface area contributed by atoms with Crippen molar-refractivity contribution in [3.8, 4) is 12.3 Å². The maximum absolute atomic E-state index is 13.6. The molecule has 0 amide bonds. The van der Waals surface area contributed by atoms with Crippen molar-refractivity contribution in [1.29, 1.82) is 0 Å². The molecule has 0 aliphatic rings. The molecule has 0 radical (unpaired) electrons. The Labute approximate surface area is 95.5 Å². The summed E-state index contributed by atoms with van der Waals surface area (Å²) >= 11 is 0. The molecular weight excluding hydrogens is 205 g/mol. The van der Waals surface area contributed by atoms with Gasteiger partial charge in [-0.1, -0.05) is 6.92 Å². The number of unbranched alkanes of at least 4 members (excludes halogenated alkanes) is 2. The van der Waals surface area contributed by atoms with Crippen LogP contribution in [0.2, 0.25) is 0 Å². The highest BCUT2D eigenvalue weighted by Gasteiger charge is 2.08. The lowest BCUT2D eigenvalue weighted by Gasteiger charge is -2.07. The molecule has 0 fully saturated rings. The van der Waals surface area contributed by atoms with Gasteiger partial charge in [-0.2, -0.15) is 0 Å². The molecule has 0 bridgehead atoms. The molecule has 3 nitrogen and oxygen atoms in total. The van der Waals surface area contributed by atoms with Crippen LogP contribution in [-0.2, 0) is 6.42 Å². The van der Waals surface area contributed by atoms with Crippen LogP contribution in [0.15, 0.2) is 6.33 Å². The molecule has 16 heavy (non-hydrogen) atoms. The predicted octanol–water partition coefficient (Wildman–Crippen LogP) is 2.39. The number of nitrogens with zero attached hydrogens (tertiary/aromatic N) is 2. The van der Waals surface area contributed by atoms with E-state index >= 15 is 0 Å². The fourth-order valence-corrected chi connectivity index (χ4v) is 1.33. The molecule has 1 aromatic rings. The summed E-state index contributed by atoms with van der Waals surface area (Å²) in [5, 5.41) is 2.95. The summed E-state index contributed by atoms with van der Waals surface area (Å²) in [5.41, 5.74) is 0.445. The van der Waals surface area contributed by atoms with E-state index in [9.17, 15) is 4.39 Å². The average Bonchev–Trinajstić information content (AvgIpc) is 2.31. The van der Waals surface area contributed by atoms with Crippen LogP contribution in [-0.4, -0.2) is 16.5 Å². The van der Waals surface area contributed by atoms with Crippen molar-refractivity contribution in [2.75, 3.05) is 11.9 Å². The van der Waals surface area contributed by atoms with Crippen LogP contribution in [0, 0.1) is 18.2 Å². The zero-order chi connectivity index (χ0) is 11.8. The largest absolute Gasteiger partial charge is 0.368 e. The second-order valence-electron chi connectivity index (χ2n) is 3.42. The van der Waals surface area contributed by atoms with Crippen molar-refractivity contribution in [3.05, 3.63) is 17.8 Å². The molecule has 0 saturated heterocycles. The van der Waals surface area contributed by atoms with Crippen LogP contribution >= 0.6 is 0 Å². The zero-order valence-corrected chi connectivity index (χ0v) is 9.46. The van der Waals surface area contributed by atoms with Gasteiger partial charge in [-0.3, -0.25) is 0 Å². The van der Waals surface area contributed by atoms with E-state index in [2.05, 4.69) is 21.2 Å². The van der Waals surface area contributed by atoms with Gasteiger partial charge in [0.15, 0.2) is 11.6 Å². The number of terminal acetylenes is 1. The van der Waals surface area contributed by atoms with Gasteiger partial charge < -0.3 is 5.32 Å². The predicted molar refractivity (Wildman–Crippen MR) is 62.5 cm³/mol. The van der Waals surface area contributed by atoms with Gasteiger partial charge >= 0.3 is 0 Å². The third kappa shape index (κ3) is 3.50. The molecule has 4 heteroatoms. The molecule has 1 N–H and O–H groups in total. The number of hydrogen-bond acceptors (Lipinski definition) is 3. The topological polar surface area (TPSA) is 37.8 Å². The zero-order valence-electron chi connectivity index (χ0n) is 9.46. The molecule has 0 aliphatic heterocycles. The standard InChI is InChI=1S/C12H16FN3/c1-3-5-6-7-8-14-12-11(13)10(4-2)15-9-16-12/h1,9H,4-8H2,2H3,(H,14,15,16). The fraction of sp³-hybridized carbons (Fsp3) is 0.500. The number of aromatic nitrogens is 2. The van der Waals surface area contributed by atoms with E-state index in [4.69, 9.17) is 6.42 Å². The van der Waals surface area contributed by atoms with E-state index in [1.165, 1.54) is 6.33 Å². The Morgan fingerprint density at radius 1 is 1.44 bits per heavy atom. The van der Waals surface area contributed by atoms with Crippen molar-refractivity contribution in [3.63, 3.8) is 0 Å². The summed E-state index contributed by atoms with van der Waals surface area (Å²) in [5.74, 6) is 2.51. The SMILES string of the molecule is C#CCCCCNc1ncnc(CC)c1F. The van der Waals surface area contributed by atoms with Crippen LogP contribution in [0.1, 0.15) is 31.9 Å². The summed E-state index contributed by atoms with van der Waals surface area (Å²) in [6.45, 7) is 2.54. The molecule has 1 aromatic heterocycles. The monoisotopic (exact) mass is 221 g/mol. The number of halogens is 1. The lowest BCUT2D eigenvalue weighted by atomic mass is 10.2. The first-order chi connectivity index (χ1) is 7.79. The van der Waals surface area contributed by atoms with Gasteiger partial charge in [0.2, 0.25) is 0 Å². The van der Waals surface area contributed by atoms with E-state index in [1.54, 1.807) is 0 Å². The number of anilines is 1. The van der Waals surface area contributed by atoms with E-state index < -0.39 is 0 Å². The maximum Gasteiger partial charge on any atom is 0.186 e. The van der Waals surface area contributed by atoms with Gasteiger partial charge in [0.25, 0.3) is 0 Å². The fourth-order valence-electron chi connectivity index (χ4n) is 1.33. The summed E-state index contributed by atoms with van der Waals surface area (Å²) in [6.07, 6.45) is 9.69. The van der Waals surface area contributed by atoms with Gasteiger partial charge in [-0.15, -0.1) is 12.3 Å². The Hall–Kier alpha value is -1.63. The molecule has 0 aromatic carbocycles. The molecule has 0 aliphatic carbocycles. The molecule has 0 unspecified atom stereocenters. The Bertz CT molecular complexity index is 371. The summed E-state index contributed by atoms with van der Waals surface area (Å²) in [4.78, 5) is 7.73. The van der Waals surface area contributed by atoms with Gasteiger partial charge in [-0.25, -0.2) is 14.4 Å². The van der Waals surface area contributed by atoms with Gasteiger partial charge in [0.1, 0.15) is 6.33 Å². The first-order valence-corrected chi connectivity index (χ1v) is 5.46. The highest BCUT2D eigenvalue weighted by atomic mass is 19.1. The average molecular weight is 221 g/mol. The normalized spacial score (nSPS) is 9.81. The summed E-state index contributed by atoms with van der Waals surface area (Å²) in [7, 11) is 0. The Kier molecular flexibility index (Phi) is 5.27. The molecule has 1 heterocycles. The van der Waals surface area contributed by atoms with Crippen molar-refractivity contribution in [2.24, 2.45) is 0 Å². The Balaban J connectivity index is 2.45. The summed E-state index contributed by atoms with van der Waals surface area (Å²) in [6, 6.07) is 0. The van der Waals surface area contributed by atoms with Crippen LogP contribution in [0.25, 0.3) is 0 Å². The highest BCUT2D eigenvalue weighted by molar-refractivity contribution is 5.37. The quantitative estimate of drug-likeness (QED) is 0.592. The van der Waals surface area contributed by atoms with Gasteiger partial charge in [-0.05, 0) is 19.3 Å². The summed E-state index contributed by atoms with van der Waals surface area (Å²) < 4.78 is 13.6. The van der Waals surface area contributed by atoms with Crippen LogP contribution < -0.4 is 5.32 Å². The van der Waals surface area contributed by atoms with Gasteiger partial charge in [0.05, 0.1) is 5.69 Å².